The molecule has 1 aromatic heterocycles. The number of aromatic nitrogens is 1. The Morgan fingerprint density at radius 3 is 2.72 bits per heavy atom. The van der Waals surface area contributed by atoms with Crippen molar-refractivity contribution in [3.05, 3.63) is 35.5 Å². The minimum absolute atomic E-state index is 0.268. The van der Waals surface area contributed by atoms with Crippen LogP contribution in [0.4, 0.5) is 0 Å². The molecule has 96 valence electrons. The van der Waals surface area contributed by atoms with Gasteiger partial charge in [-0.15, -0.1) is 0 Å². The lowest BCUT2D eigenvalue weighted by atomic mass is 9.88. The van der Waals surface area contributed by atoms with E-state index in [1.807, 2.05) is 7.05 Å². The van der Waals surface area contributed by atoms with Crippen LogP contribution in [-0.4, -0.2) is 18.6 Å². The highest BCUT2D eigenvalue weighted by Gasteiger charge is 2.49. The van der Waals surface area contributed by atoms with E-state index in [0.717, 1.165) is 6.54 Å². The smallest absolute Gasteiger partial charge is 0.0459 e. The molecule has 1 saturated carbocycles. The van der Waals surface area contributed by atoms with Gasteiger partial charge in [0.25, 0.3) is 0 Å². The summed E-state index contributed by atoms with van der Waals surface area (Å²) in [6, 6.07) is 8.88. The van der Waals surface area contributed by atoms with Gasteiger partial charge in [0.15, 0.2) is 0 Å². The maximum absolute atomic E-state index is 6.00. The molecule has 3 heteroatoms. The SMILES string of the molecule is CNC(c1c(C)[nH]c2ccccc12)C1(CN)CC1. The monoisotopic (exact) mass is 243 g/mol. The number of para-hydroxylation sites is 1. The van der Waals surface area contributed by atoms with Crippen LogP contribution in [0.1, 0.15) is 30.1 Å². The summed E-state index contributed by atoms with van der Waals surface area (Å²) >= 11 is 0. The van der Waals surface area contributed by atoms with Crippen molar-refractivity contribution in [2.75, 3.05) is 13.6 Å². The van der Waals surface area contributed by atoms with Gasteiger partial charge in [0.1, 0.15) is 0 Å². The van der Waals surface area contributed by atoms with Crippen LogP contribution < -0.4 is 11.1 Å². The molecular formula is C15H21N3. The number of rotatable bonds is 4. The third-order valence-electron chi connectivity index (χ3n) is 4.43. The van der Waals surface area contributed by atoms with Gasteiger partial charge in [0.05, 0.1) is 0 Å². The molecule has 1 atom stereocenters. The van der Waals surface area contributed by atoms with Gasteiger partial charge in [0, 0.05) is 28.1 Å². The van der Waals surface area contributed by atoms with Crippen molar-refractivity contribution in [1.29, 1.82) is 0 Å². The zero-order chi connectivity index (χ0) is 12.8. The molecule has 1 unspecified atom stereocenters. The summed E-state index contributed by atoms with van der Waals surface area (Å²) in [6.45, 7) is 2.92. The average molecular weight is 243 g/mol. The van der Waals surface area contributed by atoms with E-state index in [-0.39, 0.29) is 5.41 Å². The fourth-order valence-corrected chi connectivity index (χ4v) is 3.20. The number of H-pyrrole nitrogens is 1. The third-order valence-corrected chi connectivity index (χ3v) is 4.43. The van der Waals surface area contributed by atoms with Crippen molar-refractivity contribution in [1.82, 2.24) is 10.3 Å². The lowest BCUT2D eigenvalue weighted by molar-refractivity contribution is 0.367. The van der Waals surface area contributed by atoms with Crippen LogP contribution in [0.3, 0.4) is 0 Å². The van der Waals surface area contributed by atoms with E-state index >= 15 is 0 Å². The molecule has 0 bridgehead atoms. The Morgan fingerprint density at radius 2 is 2.11 bits per heavy atom. The number of aromatic amines is 1. The summed E-state index contributed by atoms with van der Waals surface area (Å²) in [7, 11) is 2.04. The lowest BCUT2D eigenvalue weighted by Gasteiger charge is -2.26. The van der Waals surface area contributed by atoms with Crippen LogP contribution in [0.25, 0.3) is 10.9 Å². The molecule has 2 aromatic rings. The molecule has 0 spiro atoms. The number of nitrogens with one attached hydrogen (secondary N) is 2. The van der Waals surface area contributed by atoms with Crippen molar-refractivity contribution in [3.63, 3.8) is 0 Å². The van der Waals surface area contributed by atoms with E-state index < -0.39 is 0 Å². The minimum atomic E-state index is 0.268. The van der Waals surface area contributed by atoms with Crippen LogP contribution in [-0.2, 0) is 0 Å². The second kappa shape index (κ2) is 4.11. The second-order valence-electron chi connectivity index (χ2n) is 5.50. The van der Waals surface area contributed by atoms with E-state index in [1.165, 1.54) is 35.0 Å². The van der Waals surface area contributed by atoms with Crippen molar-refractivity contribution in [2.45, 2.75) is 25.8 Å². The number of benzene rings is 1. The third kappa shape index (κ3) is 1.58. The minimum Gasteiger partial charge on any atom is -0.358 e. The van der Waals surface area contributed by atoms with Crippen LogP contribution in [0, 0.1) is 12.3 Å². The van der Waals surface area contributed by atoms with E-state index in [4.69, 9.17) is 5.73 Å². The van der Waals surface area contributed by atoms with Gasteiger partial charge in [-0.25, -0.2) is 0 Å². The molecule has 1 aromatic carbocycles. The zero-order valence-electron chi connectivity index (χ0n) is 11.1. The molecule has 1 heterocycles. The van der Waals surface area contributed by atoms with Gasteiger partial charge in [-0.3, -0.25) is 0 Å². The molecule has 1 fully saturated rings. The van der Waals surface area contributed by atoms with Crippen LogP contribution in [0.2, 0.25) is 0 Å². The van der Waals surface area contributed by atoms with Crippen molar-refractivity contribution in [3.8, 4) is 0 Å². The first-order chi connectivity index (χ1) is 8.72. The highest BCUT2D eigenvalue weighted by molar-refractivity contribution is 5.85. The van der Waals surface area contributed by atoms with Crippen LogP contribution >= 0.6 is 0 Å². The lowest BCUT2D eigenvalue weighted by Crippen LogP contribution is -2.32. The maximum Gasteiger partial charge on any atom is 0.0459 e. The van der Waals surface area contributed by atoms with E-state index in [0.29, 0.717) is 6.04 Å². The number of hydrogen-bond acceptors (Lipinski definition) is 2. The summed E-state index contributed by atoms with van der Waals surface area (Å²) in [5.41, 5.74) is 10.1. The Kier molecular flexibility index (Phi) is 2.68. The first-order valence-corrected chi connectivity index (χ1v) is 6.66. The molecule has 0 aliphatic heterocycles. The molecule has 3 nitrogen and oxygen atoms in total. The molecule has 0 saturated heterocycles. The highest BCUT2D eigenvalue weighted by Crippen LogP contribution is 2.55. The van der Waals surface area contributed by atoms with Crippen molar-refractivity contribution >= 4 is 10.9 Å². The number of nitrogens with two attached hydrogens (primary N) is 1. The number of aryl methyl sites for hydroxylation is 1. The average Bonchev–Trinajstić information content (AvgIpc) is 3.11. The van der Waals surface area contributed by atoms with Gasteiger partial charge < -0.3 is 16.0 Å². The molecule has 1 aliphatic rings. The summed E-state index contributed by atoms with van der Waals surface area (Å²) in [6.07, 6.45) is 2.46. The summed E-state index contributed by atoms with van der Waals surface area (Å²) in [5, 5.41) is 4.82. The van der Waals surface area contributed by atoms with Gasteiger partial charge in [-0.05, 0) is 45.0 Å². The second-order valence-corrected chi connectivity index (χ2v) is 5.50. The number of fused-ring (bicyclic) bond motifs is 1. The molecule has 1 aliphatic carbocycles. The Hall–Kier alpha value is -1.32. The first-order valence-electron chi connectivity index (χ1n) is 6.66. The van der Waals surface area contributed by atoms with E-state index in [9.17, 15) is 0 Å². The van der Waals surface area contributed by atoms with Crippen molar-refractivity contribution < 1.29 is 0 Å². The molecule has 4 N–H and O–H groups in total. The molecule has 0 radical (unpaired) electrons. The van der Waals surface area contributed by atoms with E-state index in [1.54, 1.807) is 0 Å². The maximum atomic E-state index is 6.00. The standard InChI is InChI=1S/C15H21N3/c1-10-13(11-5-3-4-6-12(11)18-10)14(17-2)15(9-16)7-8-15/h3-6,14,17-18H,7-9,16H2,1-2H3. The number of hydrogen-bond donors (Lipinski definition) is 3. The van der Waals surface area contributed by atoms with Gasteiger partial charge in [-0.2, -0.15) is 0 Å². The van der Waals surface area contributed by atoms with Crippen LogP contribution in [0.15, 0.2) is 24.3 Å². The van der Waals surface area contributed by atoms with Gasteiger partial charge >= 0.3 is 0 Å². The molecular weight excluding hydrogens is 222 g/mol. The van der Waals surface area contributed by atoms with Crippen LogP contribution in [0.5, 0.6) is 0 Å². The largest absolute Gasteiger partial charge is 0.358 e. The summed E-state index contributed by atoms with van der Waals surface area (Å²) < 4.78 is 0. The van der Waals surface area contributed by atoms with Gasteiger partial charge in [-0.1, -0.05) is 18.2 Å². The Morgan fingerprint density at radius 1 is 1.39 bits per heavy atom. The predicted octanol–water partition coefficient (Wildman–Crippen LogP) is 2.48. The Labute approximate surface area is 108 Å². The highest BCUT2D eigenvalue weighted by atomic mass is 14.9. The predicted molar refractivity (Wildman–Crippen MR) is 75.6 cm³/mol. The Balaban J connectivity index is 2.15. The van der Waals surface area contributed by atoms with Gasteiger partial charge in [0.2, 0.25) is 0 Å². The van der Waals surface area contributed by atoms with E-state index in [2.05, 4.69) is 41.5 Å². The summed E-state index contributed by atoms with van der Waals surface area (Å²) in [5.74, 6) is 0. The zero-order valence-corrected chi connectivity index (χ0v) is 11.1. The quantitative estimate of drug-likeness (QED) is 0.772. The summed E-state index contributed by atoms with van der Waals surface area (Å²) in [4.78, 5) is 3.48. The fraction of sp³-hybridized carbons (Fsp3) is 0.467. The normalized spacial score (nSPS) is 19.1. The topological polar surface area (TPSA) is 53.8 Å². The Bertz CT molecular complexity index is 566. The molecule has 18 heavy (non-hydrogen) atoms. The fourth-order valence-electron chi connectivity index (χ4n) is 3.20. The first kappa shape index (κ1) is 11.8. The molecule has 3 rings (SSSR count). The van der Waals surface area contributed by atoms with Crippen molar-refractivity contribution in [2.24, 2.45) is 11.1 Å². The molecule has 0 amide bonds.